The van der Waals surface area contributed by atoms with Crippen LogP contribution in [-0.2, 0) is 0 Å². The second-order valence-corrected chi connectivity index (χ2v) is 8.07. The van der Waals surface area contributed by atoms with Crippen molar-refractivity contribution in [3.63, 3.8) is 0 Å². The van der Waals surface area contributed by atoms with Gasteiger partial charge in [0.25, 0.3) is 5.91 Å². The smallest absolute Gasteiger partial charge is 0.272 e. The summed E-state index contributed by atoms with van der Waals surface area (Å²) >= 11 is 0. The molecule has 0 N–H and O–H groups in total. The zero-order valence-corrected chi connectivity index (χ0v) is 17.2. The Hall–Kier alpha value is -2.95. The van der Waals surface area contributed by atoms with Crippen LogP contribution in [0.5, 0.6) is 0 Å². The standard InChI is InChI=1S/C24H26FN3O/c1-16-10-12-27(13-11-16)24(29)23-15-21(19-6-4-5-7-20(19)25)26-28(23)22-9-8-17(2)14-18(22)3/h4-9,14-16H,10-13H2,1-3H3. The molecule has 2 aromatic carbocycles. The average molecular weight is 391 g/mol. The SMILES string of the molecule is Cc1ccc(-n2nc(-c3ccccc3F)cc2C(=O)N2CCC(C)CC2)c(C)c1. The van der Waals surface area contributed by atoms with Gasteiger partial charge in [-0.3, -0.25) is 4.79 Å². The van der Waals surface area contributed by atoms with Gasteiger partial charge in [0, 0.05) is 18.7 Å². The topological polar surface area (TPSA) is 38.1 Å². The predicted molar refractivity (Wildman–Crippen MR) is 113 cm³/mol. The van der Waals surface area contributed by atoms with Gasteiger partial charge in [0.2, 0.25) is 0 Å². The lowest BCUT2D eigenvalue weighted by molar-refractivity contribution is 0.0688. The fraction of sp³-hybridized carbons (Fsp3) is 0.333. The number of piperidine rings is 1. The number of nitrogens with zero attached hydrogens (tertiary/aromatic N) is 3. The van der Waals surface area contributed by atoms with Crippen molar-refractivity contribution in [3.05, 3.63) is 71.2 Å². The number of aromatic nitrogens is 2. The van der Waals surface area contributed by atoms with Crippen LogP contribution in [0, 0.1) is 25.6 Å². The Morgan fingerprint density at radius 2 is 1.79 bits per heavy atom. The monoisotopic (exact) mass is 391 g/mol. The van der Waals surface area contributed by atoms with Gasteiger partial charge < -0.3 is 4.90 Å². The van der Waals surface area contributed by atoms with E-state index in [0.717, 1.165) is 42.7 Å². The first kappa shape index (κ1) is 19.4. The molecule has 0 spiro atoms. The molecule has 2 heterocycles. The molecule has 4 rings (SSSR count). The van der Waals surface area contributed by atoms with Gasteiger partial charge in [-0.25, -0.2) is 9.07 Å². The first-order chi connectivity index (χ1) is 13.9. The van der Waals surface area contributed by atoms with E-state index < -0.39 is 0 Å². The highest BCUT2D eigenvalue weighted by Crippen LogP contribution is 2.27. The van der Waals surface area contributed by atoms with Crippen molar-refractivity contribution in [2.75, 3.05) is 13.1 Å². The van der Waals surface area contributed by atoms with Crippen LogP contribution in [0.4, 0.5) is 4.39 Å². The first-order valence-corrected chi connectivity index (χ1v) is 10.2. The molecule has 1 saturated heterocycles. The number of carbonyl (C=O) groups is 1. The van der Waals surface area contributed by atoms with Crippen molar-refractivity contribution in [1.29, 1.82) is 0 Å². The summed E-state index contributed by atoms with van der Waals surface area (Å²) < 4.78 is 16.1. The number of hydrogen-bond donors (Lipinski definition) is 0. The van der Waals surface area contributed by atoms with Crippen LogP contribution in [0.1, 0.15) is 41.4 Å². The molecular weight excluding hydrogens is 365 g/mol. The Bertz CT molecular complexity index is 1050. The van der Waals surface area contributed by atoms with E-state index in [0.29, 0.717) is 22.9 Å². The second-order valence-electron chi connectivity index (χ2n) is 8.07. The van der Waals surface area contributed by atoms with Crippen LogP contribution in [0.2, 0.25) is 0 Å². The van der Waals surface area contributed by atoms with Crippen molar-refractivity contribution in [2.24, 2.45) is 5.92 Å². The fourth-order valence-electron chi connectivity index (χ4n) is 3.93. The molecule has 0 bridgehead atoms. The molecular formula is C24H26FN3O. The predicted octanol–water partition coefficient (Wildman–Crippen LogP) is 5.17. The number of carbonyl (C=O) groups excluding carboxylic acids is 1. The maximum Gasteiger partial charge on any atom is 0.272 e. The van der Waals surface area contributed by atoms with Gasteiger partial charge in [0.05, 0.1) is 11.4 Å². The third-order valence-corrected chi connectivity index (χ3v) is 5.73. The van der Waals surface area contributed by atoms with Gasteiger partial charge in [0.1, 0.15) is 11.5 Å². The molecule has 1 aromatic heterocycles. The van der Waals surface area contributed by atoms with E-state index in [1.807, 2.05) is 30.9 Å². The van der Waals surface area contributed by atoms with Crippen molar-refractivity contribution >= 4 is 5.91 Å². The van der Waals surface area contributed by atoms with E-state index in [1.54, 1.807) is 28.9 Å². The Morgan fingerprint density at radius 3 is 2.48 bits per heavy atom. The van der Waals surface area contributed by atoms with E-state index in [4.69, 9.17) is 0 Å². The van der Waals surface area contributed by atoms with Gasteiger partial charge in [0.15, 0.2) is 0 Å². The fourth-order valence-corrected chi connectivity index (χ4v) is 3.93. The van der Waals surface area contributed by atoms with Gasteiger partial charge in [-0.05, 0) is 62.4 Å². The van der Waals surface area contributed by atoms with Crippen LogP contribution in [-0.4, -0.2) is 33.7 Å². The second kappa shape index (κ2) is 7.82. The Balaban J connectivity index is 1.82. The first-order valence-electron chi connectivity index (χ1n) is 10.2. The molecule has 4 nitrogen and oxygen atoms in total. The number of amides is 1. The van der Waals surface area contributed by atoms with Crippen LogP contribution in [0.15, 0.2) is 48.5 Å². The summed E-state index contributed by atoms with van der Waals surface area (Å²) in [5, 5.41) is 4.66. The maximum absolute atomic E-state index is 14.4. The van der Waals surface area contributed by atoms with Crippen LogP contribution in [0.25, 0.3) is 16.9 Å². The Morgan fingerprint density at radius 1 is 1.07 bits per heavy atom. The molecule has 0 saturated carbocycles. The molecule has 1 aliphatic rings. The Labute approximate surface area is 171 Å². The summed E-state index contributed by atoms with van der Waals surface area (Å²) in [6, 6.07) is 14.3. The quantitative estimate of drug-likeness (QED) is 0.618. The highest BCUT2D eigenvalue weighted by Gasteiger charge is 2.26. The lowest BCUT2D eigenvalue weighted by Crippen LogP contribution is -2.38. The number of aryl methyl sites for hydroxylation is 2. The normalized spacial score (nSPS) is 15.0. The van der Waals surface area contributed by atoms with Crippen molar-refractivity contribution in [3.8, 4) is 16.9 Å². The lowest BCUT2D eigenvalue weighted by Gasteiger charge is -2.30. The molecule has 3 aromatic rings. The van der Waals surface area contributed by atoms with Crippen molar-refractivity contribution in [1.82, 2.24) is 14.7 Å². The summed E-state index contributed by atoms with van der Waals surface area (Å²) in [4.78, 5) is 15.3. The van der Waals surface area contributed by atoms with Crippen LogP contribution in [0.3, 0.4) is 0 Å². The number of benzene rings is 2. The molecule has 0 radical (unpaired) electrons. The summed E-state index contributed by atoms with van der Waals surface area (Å²) in [6.07, 6.45) is 2.01. The highest BCUT2D eigenvalue weighted by atomic mass is 19.1. The zero-order chi connectivity index (χ0) is 20.5. The van der Waals surface area contributed by atoms with Crippen molar-refractivity contribution in [2.45, 2.75) is 33.6 Å². The van der Waals surface area contributed by atoms with Gasteiger partial charge in [-0.2, -0.15) is 5.10 Å². The molecule has 0 unspecified atom stereocenters. The number of likely N-dealkylation sites (tertiary alicyclic amines) is 1. The molecule has 5 heteroatoms. The summed E-state index contributed by atoms with van der Waals surface area (Å²) in [7, 11) is 0. The van der Waals surface area contributed by atoms with E-state index in [9.17, 15) is 9.18 Å². The zero-order valence-electron chi connectivity index (χ0n) is 17.2. The molecule has 1 amide bonds. The Kier molecular flexibility index (Phi) is 5.22. The van der Waals surface area contributed by atoms with E-state index >= 15 is 0 Å². The average Bonchev–Trinajstić information content (AvgIpc) is 3.13. The molecule has 0 aliphatic carbocycles. The molecule has 29 heavy (non-hydrogen) atoms. The van der Waals surface area contributed by atoms with E-state index in [1.165, 1.54) is 6.07 Å². The number of hydrogen-bond acceptors (Lipinski definition) is 2. The van der Waals surface area contributed by atoms with Gasteiger partial charge in [-0.15, -0.1) is 0 Å². The minimum Gasteiger partial charge on any atom is -0.337 e. The highest BCUT2D eigenvalue weighted by molar-refractivity contribution is 5.94. The van der Waals surface area contributed by atoms with Gasteiger partial charge in [-0.1, -0.05) is 36.8 Å². The third kappa shape index (κ3) is 3.82. The molecule has 150 valence electrons. The summed E-state index contributed by atoms with van der Waals surface area (Å²) in [6.45, 7) is 7.74. The minimum atomic E-state index is -0.344. The molecule has 1 fully saturated rings. The summed E-state index contributed by atoms with van der Waals surface area (Å²) in [5.41, 5.74) is 4.35. The summed E-state index contributed by atoms with van der Waals surface area (Å²) in [5.74, 6) is 0.243. The maximum atomic E-state index is 14.4. The lowest BCUT2D eigenvalue weighted by atomic mass is 9.99. The van der Waals surface area contributed by atoms with Crippen molar-refractivity contribution < 1.29 is 9.18 Å². The van der Waals surface area contributed by atoms with E-state index in [2.05, 4.69) is 18.1 Å². The number of halogens is 1. The van der Waals surface area contributed by atoms with Gasteiger partial charge >= 0.3 is 0 Å². The van der Waals surface area contributed by atoms with Crippen LogP contribution >= 0.6 is 0 Å². The van der Waals surface area contributed by atoms with Crippen LogP contribution < -0.4 is 0 Å². The number of rotatable bonds is 3. The molecule has 1 aliphatic heterocycles. The largest absolute Gasteiger partial charge is 0.337 e. The third-order valence-electron chi connectivity index (χ3n) is 5.73. The van der Waals surface area contributed by atoms with E-state index in [-0.39, 0.29) is 11.7 Å². The minimum absolute atomic E-state index is 0.0491. The molecule has 0 atom stereocenters.